The summed E-state index contributed by atoms with van der Waals surface area (Å²) in [6, 6.07) is 6.09. The number of nitrogens with zero attached hydrogens (tertiary/aromatic N) is 2. The fraction of sp³-hybridized carbons (Fsp3) is 0.438. The van der Waals surface area contributed by atoms with E-state index in [0.717, 1.165) is 49.0 Å². The summed E-state index contributed by atoms with van der Waals surface area (Å²) in [6.45, 7) is 4.92. The van der Waals surface area contributed by atoms with Crippen molar-refractivity contribution >= 4 is 22.1 Å². The van der Waals surface area contributed by atoms with Crippen LogP contribution < -0.4 is 10.6 Å². The lowest BCUT2D eigenvalue weighted by Gasteiger charge is -2.34. The average Bonchev–Trinajstić information content (AvgIpc) is 2.49. The van der Waals surface area contributed by atoms with E-state index in [1.54, 1.807) is 6.20 Å². The van der Waals surface area contributed by atoms with E-state index in [4.69, 9.17) is 10.5 Å². The molecular formula is C16H21N3O. The lowest BCUT2D eigenvalue weighted by Crippen LogP contribution is -2.37. The fourth-order valence-electron chi connectivity index (χ4n) is 2.97. The maximum Gasteiger partial charge on any atom is 0.0608 e. The van der Waals surface area contributed by atoms with Crippen molar-refractivity contribution in [3.05, 3.63) is 30.6 Å². The molecule has 0 bridgehead atoms. The Bertz CT molecular complexity index is 591. The normalized spacial score (nSPS) is 16.8. The lowest BCUT2D eigenvalue weighted by atomic mass is 10.0. The van der Waals surface area contributed by atoms with Crippen molar-refractivity contribution in [2.75, 3.05) is 30.3 Å². The number of nitrogen functional groups attached to an aromatic ring is 1. The van der Waals surface area contributed by atoms with Gasteiger partial charge < -0.3 is 15.4 Å². The number of hydrogen-bond donors (Lipinski definition) is 1. The van der Waals surface area contributed by atoms with E-state index in [0.29, 0.717) is 6.10 Å². The summed E-state index contributed by atoms with van der Waals surface area (Å²) in [5.41, 5.74) is 8.10. The van der Waals surface area contributed by atoms with Gasteiger partial charge in [-0.3, -0.25) is 4.98 Å². The summed E-state index contributed by atoms with van der Waals surface area (Å²) >= 11 is 0. The number of pyridine rings is 1. The lowest BCUT2D eigenvalue weighted by molar-refractivity contribution is 0.0459. The minimum atomic E-state index is 0.412. The van der Waals surface area contributed by atoms with Gasteiger partial charge in [0.25, 0.3) is 0 Å². The van der Waals surface area contributed by atoms with Crippen LogP contribution in [0.5, 0.6) is 0 Å². The van der Waals surface area contributed by atoms with Gasteiger partial charge in [0.1, 0.15) is 0 Å². The van der Waals surface area contributed by atoms with E-state index in [2.05, 4.69) is 22.9 Å². The van der Waals surface area contributed by atoms with E-state index in [9.17, 15) is 0 Å². The second-order valence-electron chi connectivity index (χ2n) is 5.24. The number of aromatic nitrogens is 1. The second kappa shape index (κ2) is 5.67. The third kappa shape index (κ3) is 2.43. The molecule has 0 spiro atoms. The molecule has 3 rings (SSSR count). The van der Waals surface area contributed by atoms with Gasteiger partial charge in [-0.05, 0) is 38.0 Å². The fourth-order valence-corrected chi connectivity index (χ4v) is 2.97. The zero-order chi connectivity index (χ0) is 13.9. The van der Waals surface area contributed by atoms with E-state index in [1.807, 2.05) is 18.3 Å². The molecule has 1 aliphatic rings. The first kappa shape index (κ1) is 13.2. The number of rotatable bonds is 3. The zero-order valence-corrected chi connectivity index (χ0v) is 11.9. The smallest absolute Gasteiger partial charge is 0.0608 e. The maximum atomic E-state index is 6.05. The SMILES string of the molecule is CCOC1CCN(c2ccc(N)c3ccncc23)CC1. The number of anilines is 2. The van der Waals surface area contributed by atoms with Crippen LogP contribution in [-0.4, -0.2) is 30.8 Å². The van der Waals surface area contributed by atoms with E-state index in [1.165, 1.54) is 5.69 Å². The number of nitrogens with two attached hydrogens (primary N) is 1. The molecule has 1 saturated heterocycles. The molecule has 2 heterocycles. The molecule has 4 heteroatoms. The third-order valence-electron chi connectivity index (χ3n) is 4.01. The first-order chi connectivity index (χ1) is 9.79. The molecule has 0 amide bonds. The van der Waals surface area contributed by atoms with Gasteiger partial charge in [0.2, 0.25) is 0 Å². The van der Waals surface area contributed by atoms with Crippen LogP contribution in [-0.2, 0) is 4.74 Å². The largest absolute Gasteiger partial charge is 0.398 e. The summed E-state index contributed by atoms with van der Waals surface area (Å²) in [5, 5.41) is 2.23. The Hall–Kier alpha value is -1.81. The van der Waals surface area contributed by atoms with Crippen molar-refractivity contribution in [1.29, 1.82) is 0 Å². The van der Waals surface area contributed by atoms with Gasteiger partial charge in [-0.1, -0.05) is 0 Å². The molecule has 20 heavy (non-hydrogen) atoms. The van der Waals surface area contributed by atoms with Crippen LogP contribution in [0.1, 0.15) is 19.8 Å². The number of hydrogen-bond acceptors (Lipinski definition) is 4. The Morgan fingerprint density at radius 1 is 1.25 bits per heavy atom. The van der Waals surface area contributed by atoms with Crippen LogP contribution in [0, 0.1) is 0 Å². The van der Waals surface area contributed by atoms with Gasteiger partial charge in [0.15, 0.2) is 0 Å². The Balaban J connectivity index is 1.87. The van der Waals surface area contributed by atoms with Crippen molar-refractivity contribution in [2.45, 2.75) is 25.9 Å². The van der Waals surface area contributed by atoms with Crippen LogP contribution in [0.25, 0.3) is 10.8 Å². The number of ether oxygens (including phenoxy) is 1. The first-order valence-corrected chi connectivity index (χ1v) is 7.28. The van der Waals surface area contributed by atoms with Crippen molar-refractivity contribution in [3.8, 4) is 0 Å². The van der Waals surface area contributed by atoms with Gasteiger partial charge in [-0.2, -0.15) is 0 Å². The predicted octanol–water partition coefficient (Wildman–Crippen LogP) is 2.82. The molecule has 1 aromatic heterocycles. The highest BCUT2D eigenvalue weighted by molar-refractivity contribution is 6.00. The average molecular weight is 271 g/mol. The number of piperidine rings is 1. The zero-order valence-electron chi connectivity index (χ0n) is 11.9. The minimum absolute atomic E-state index is 0.412. The Kier molecular flexibility index (Phi) is 3.74. The number of fused-ring (bicyclic) bond motifs is 1. The van der Waals surface area contributed by atoms with Crippen LogP contribution in [0.15, 0.2) is 30.6 Å². The van der Waals surface area contributed by atoms with Crippen LogP contribution in [0.3, 0.4) is 0 Å². The molecule has 1 aromatic carbocycles. The van der Waals surface area contributed by atoms with Gasteiger partial charge >= 0.3 is 0 Å². The first-order valence-electron chi connectivity index (χ1n) is 7.28. The quantitative estimate of drug-likeness (QED) is 0.872. The molecular weight excluding hydrogens is 250 g/mol. The standard InChI is InChI=1S/C16H21N3O/c1-2-20-12-6-9-19(10-7-12)16-4-3-15(17)13-5-8-18-11-14(13)16/h3-5,8,11-12H,2,6-7,9-10,17H2,1H3. The summed E-state index contributed by atoms with van der Waals surface area (Å²) in [4.78, 5) is 6.66. The molecule has 0 saturated carbocycles. The van der Waals surface area contributed by atoms with Crippen LogP contribution in [0.4, 0.5) is 11.4 Å². The van der Waals surface area contributed by atoms with Crippen LogP contribution in [0.2, 0.25) is 0 Å². The summed E-state index contributed by atoms with van der Waals surface area (Å²) in [5.74, 6) is 0. The molecule has 2 aromatic rings. The summed E-state index contributed by atoms with van der Waals surface area (Å²) < 4.78 is 5.71. The summed E-state index contributed by atoms with van der Waals surface area (Å²) in [7, 11) is 0. The highest BCUT2D eigenvalue weighted by atomic mass is 16.5. The minimum Gasteiger partial charge on any atom is -0.398 e. The third-order valence-corrected chi connectivity index (χ3v) is 4.01. The van der Waals surface area contributed by atoms with Gasteiger partial charge in [-0.25, -0.2) is 0 Å². The molecule has 106 valence electrons. The maximum absolute atomic E-state index is 6.05. The topological polar surface area (TPSA) is 51.4 Å². The highest BCUT2D eigenvalue weighted by Gasteiger charge is 2.21. The second-order valence-corrected chi connectivity index (χ2v) is 5.24. The van der Waals surface area contributed by atoms with E-state index in [-0.39, 0.29) is 0 Å². The van der Waals surface area contributed by atoms with Crippen molar-refractivity contribution in [3.63, 3.8) is 0 Å². The van der Waals surface area contributed by atoms with Gasteiger partial charge in [0, 0.05) is 54.2 Å². The Morgan fingerprint density at radius 2 is 2.05 bits per heavy atom. The highest BCUT2D eigenvalue weighted by Crippen LogP contribution is 2.32. The van der Waals surface area contributed by atoms with Gasteiger partial charge in [-0.15, -0.1) is 0 Å². The molecule has 1 aliphatic heterocycles. The molecule has 0 aliphatic carbocycles. The molecule has 0 unspecified atom stereocenters. The predicted molar refractivity (Wildman–Crippen MR) is 83.0 cm³/mol. The molecule has 0 radical (unpaired) electrons. The summed E-state index contributed by atoms with van der Waals surface area (Å²) in [6.07, 6.45) is 6.29. The molecule has 1 fully saturated rings. The van der Waals surface area contributed by atoms with Crippen molar-refractivity contribution < 1.29 is 4.74 Å². The monoisotopic (exact) mass is 271 g/mol. The van der Waals surface area contributed by atoms with E-state index < -0.39 is 0 Å². The van der Waals surface area contributed by atoms with E-state index >= 15 is 0 Å². The Morgan fingerprint density at radius 3 is 2.80 bits per heavy atom. The van der Waals surface area contributed by atoms with Gasteiger partial charge in [0.05, 0.1) is 6.10 Å². The molecule has 4 nitrogen and oxygen atoms in total. The number of benzene rings is 1. The van der Waals surface area contributed by atoms with Crippen LogP contribution >= 0.6 is 0 Å². The van der Waals surface area contributed by atoms with Crippen molar-refractivity contribution in [2.24, 2.45) is 0 Å². The molecule has 2 N–H and O–H groups in total. The molecule has 0 atom stereocenters. The Labute approximate surface area is 119 Å². The van der Waals surface area contributed by atoms with Crippen molar-refractivity contribution in [1.82, 2.24) is 4.98 Å².